The highest BCUT2D eigenvalue weighted by Gasteiger charge is 2.27. The molecule has 1 aromatic rings. The summed E-state index contributed by atoms with van der Waals surface area (Å²) in [5.74, 6) is 1.78. The van der Waals surface area contributed by atoms with Crippen LogP contribution in [0, 0.1) is 17.8 Å². The second-order valence-electron chi connectivity index (χ2n) is 7.33. The monoisotopic (exact) mass is 375 g/mol. The average Bonchev–Trinajstić information content (AvgIpc) is 2.63. The fourth-order valence-corrected chi connectivity index (χ4v) is 3.73. The van der Waals surface area contributed by atoms with Gasteiger partial charge in [0.2, 0.25) is 0 Å². The van der Waals surface area contributed by atoms with E-state index in [0.717, 1.165) is 12.5 Å². The van der Waals surface area contributed by atoms with E-state index in [1.165, 1.54) is 5.56 Å². The lowest BCUT2D eigenvalue weighted by Gasteiger charge is -2.33. The van der Waals surface area contributed by atoms with Crippen molar-refractivity contribution in [1.82, 2.24) is 0 Å². The first-order valence-corrected chi connectivity index (χ1v) is 9.63. The SMILES string of the molecule is C=CC(=O)OCCOC(=O)Nc1ccc(C(CC)C(C(C)C)C(C)C)cc1. The molecule has 1 unspecified atom stereocenters. The highest BCUT2D eigenvalue weighted by molar-refractivity contribution is 5.84. The number of amides is 1. The van der Waals surface area contributed by atoms with Crippen LogP contribution in [0.1, 0.15) is 52.5 Å². The van der Waals surface area contributed by atoms with Crippen LogP contribution in [0.5, 0.6) is 0 Å². The minimum Gasteiger partial charge on any atom is -0.459 e. The molecule has 1 N–H and O–H groups in total. The van der Waals surface area contributed by atoms with Gasteiger partial charge in [0.05, 0.1) is 0 Å². The van der Waals surface area contributed by atoms with Gasteiger partial charge in [0.15, 0.2) is 0 Å². The Hall–Kier alpha value is -2.30. The summed E-state index contributed by atoms with van der Waals surface area (Å²) in [5.41, 5.74) is 1.97. The lowest BCUT2D eigenvalue weighted by atomic mass is 9.72. The Morgan fingerprint density at radius 3 is 2.07 bits per heavy atom. The van der Waals surface area contributed by atoms with Crippen LogP contribution in [0.15, 0.2) is 36.9 Å². The molecule has 150 valence electrons. The molecule has 0 bridgehead atoms. The van der Waals surface area contributed by atoms with Gasteiger partial charge in [-0.2, -0.15) is 0 Å². The number of nitrogens with one attached hydrogen (secondary N) is 1. The Labute approximate surface area is 163 Å². The van der Waals surface area contributed by atoms with E-state index >= 15 is 0 Å². The van der Waals surface area contributed by atoms with Crippen LogP contribution in [0.3, 0.4) is 0 Å². The molecule has 1 atom stereocenters. The van der Waals surface area contributed by atoms with Crippen LogP contribution >= 0.6 is 0 Å². The first-order chi connectivity index (χ1) is 12.8. The summed E-state index contributed by atoms with van der Waals surface area (Å²) in [7, 11) is 0. The van der Waals surface area contributed by atoms with E-state index in [-0.39, 0.29) is 13.2 Å². The van der Waals surface area contributed by atoms with Crippen molar-refractivity contribution in [1.29, 1.82) is 0 Å². The van der Waals surface area contributed by atoms with Gasteiger partial charge in [-0.3, -0.25) is 5.32 Å². The fourth-order valence-electron chi connectivity index (χ4n) is 3.73. The summed E-state index contributed by atoms with van der Waals surface area (Å²) >= 11 is 0. The number of ether oxygens (including phenoxy) is 2. The Morgan fingerprint density at radius 2 is 1.59 bits per heavy atom. The van der Waals surface area contributed by atoms with Crippen LogP contribution in [-0.2, 0) is 14.3 Å². The van der Waals surface area contributed by atoms with Crippen LogP contribution in [0.25, 0.3) is 0 Å². The average molecular weight is 376 g/mol. The van der Waals surface area contributed by atoms with Gasteiger partial charge < -0.3 is 9.47 Å². The molecule has 0 saturated heterocycles. The van der Waals surface area contributed by atoms with Crippen LogP contribution in [-0.4, -0.2) is 25.3 Å². The highest BCUT2D eigenvalue weighted by Crippen LogP contribution is 2.38. The molecule has 0 saturated carbocycles. The van der Waals surface area contributed by atoms with Crippen LogP contribution in [0.2, 0.25) is 0 Å². The fraction of sp³-hybridized carbons (Fsp3) is 0.545. The predicted octanol–water partition coefficient (Wildman–Crippen LogP) is 5.39. The number of hydrogen-bond acceptors (Lipinski definition) is 4. The molecule has 0 radical (unpaired) electrons. The van der Waals surface area contributed by atoms with E-state index in [0.29, 0.717) is 29.4 Å². The zero-order valence-corrected chi connectivity index (χ0v) is 17.2. The van der Waals surface area contributed by atoms with Crippen molar-refractivity contribution in [3.63, 3.8) is 0 Å². The summed E-state index contributed by atoms with van der Waals surface area (Å²) in [6.07, 6.45) is 1.57. The number of anilines is 1. The van der Waals surface area contributed by atoms with E-state index in [1.807, 2.05) is 12.1 Å². The Balaban J connectivity index is 2.63. The maximum absolute atomic E-state index is 11.8. The molecule has 5 heteroatoms. The molecule has 0 aromatic heterocycles. The Morgan fingerprint density at radius 1 is 1.04 bits per heavy atom. The standard InChI is InChI=1S/C22H33NO4/c1-7-19(21(15(3)4)16(5)6)17-9-11-18(12-10-17)23-22(25)27-14-13-26-20(24)8-2/h8-12,15-16,19,21H,2,7,13-14H2,1,3-6H3,(H,23,25). The summed E-state index contributed by atoms with van der Waals surface area (Å²) in [6, 6.07) is 7.95. The van der Waals surface area contributed by atoms with E-state index in [2.05, 4.69) is 58.6 Å². The predicted molar refractivity (Wildman–Crippen MR) is 109 cm³/mol. The van der Waals surface area contributed by atoms with Gasteiger partial charge in [-0.05, 0) is 47.8 Å². The van der Waals surface area contributed by atoms with E-state index in [1.54, 1.807) is 0 Å². The van der Waals surface area contributed by atoms with Crippen LogP contribution < -0.4 is 5.32 Å². The van der Waals surface area contributed by atoms with Gasteiger partial charge in [-0.15, -0.1) is 0 Å². The van der Waals surface area contributed by atoms with Crippen molar-refractivity contribution in [3.8, 4) is 0 Å². The topological polar surface area (TPSA) is 64.6 Å². The Kier molecular flexibility index (Phi) is 9.62. The zero-order chi connectivity index (χ0) is 20.4. The molecular formula is C22H33NO4. The molecule has 1 rings (SSSR count). The van der Waals surface area contributed by atoms with Gasteiger partial charge in [0.1, 0.15) is 13.2 Å². The molecule has 27 heavy (non-hydrogen) atoms. The summed E-state index contributed by atoms with van der Waals surface area (Å²) in [4.78, 5) is 22.7. The first-order valence-electron chi connectivity index (χ1n) is 9.63. The summed E-state index contributed by atoms with van der Waals surface area (Å²) < 4.78 is 9.72. The van der Waals surface area contributed by atoms with Crippen molar-refractivity contribution in [2.45, 2.75) is 47.0 Å². The van der Waals surface area contributed by atoms with Crippen molar-refractivity contribution >= 4 is 17.7 Å². The molecule has 1 aromatic carbocycles. The maximum atomic E-state index is 11.8. The third kappa shape index (κ3) is 7.45. The first kappa shape index (κ1) is 22.7. The number of carbonyl (C=O) groups is 2. The van der Waals surface area contributed by atoms with Crippen molar-refractivity contribution in [3.05, 3.63) is 42.5 Å². The molecule has 0 spiro atoms. The Bertz CT molecular complexity index is 599. The lowest BCUT2D eigenvalue weighted by Crippen LogP contribution is -2.23. The normalized spacial score (nSPS) is 12.1. The van der Waals surface area contributed by atoms with E-state index < -0.39 is 12.1 Å². The lowest BCUT2D eigenvalue weighted by molar-refractivity contribution is -0.138. The third-order valence-corrected chi connectivity index (χ3v) is 4.76. The van der Waals surface area contributed by atoms with Gasteiger partial charge in [0.25, 0.3) is 0 Å². The molecule has 5 nitrogen and oxygen atoms in total. The number of esters is 1. The maximum Gasteiger partial charge on any atom is 0.411 e. The molecule has 0 aliphatic rings. The highest BCUT2D eigenvalue weighted by atomic mass is 16.6. The van der Waals surface area contributed by atoms with Gasteiger partial charge in [0, 0.05) is 11.8 Å². The number of rotatable bonds is 10. The summed E-state index contributed by atoms with van der Waals surface area (Å²) in [6.45, 7) is 14.6. The molecule has 0 fully saturated rings. The molecule has 1 amide bonds. The largest absolute Gasteiger partial charge is 0.459 e. The smallest absolute Gasteiger partial charge is 0.411 e. The quantitative estimate of drug-likeness (QED) is 0.338. The van der Waals surface area contributed by atoms with E-state index in [4.69, 9.17) is 9.47 Å². The number of carbonyl (C=O) groups excluding carboxylic acids is 2. The second kappa shape index (κ2) is 11.4. The molecule has 0 aliphatic carbocycles. The van der Waals surface area contributed by atoms with Gasteiger partial charge >= 0.3 is 12.1 Å². The third-order valence-electron chi connectivity index (χ3n) is 4.76. The van der Waals surface area contributed by atoms with Crippen LogP contribution in [0.4, 0.5) is 10.5 Å². The summed E-state index contributed by atoms with van der Waals surface area (Å²) in [5, 5.41) is 2.68. The van der Waals surface area contributed by atoms with E-state index in [9.17, 15) is 9.59 Å². The van der Waals surface area contributed by atoms with Crippen molar-refractivity contribution in [2.24, 2.45) is 17.8 Å². The molecular weight excluding hydrogens is 342 g/mol. The van der Waals surface area contributed by atoms with Crippen molar-refractivity contribution < 1.29 is 19.1 Å². The zero-order valence-electron chi connectivity index (χ0n) is 17.2. The minimum absolute atomic E-state index is 0.00117. The van der Waals surface area contributed by atoms with Gasteiger partial charge in [-0.25, -0.2) is 9.59 Å². The van der Waals surface area contributed by atoms with Gasteiger partial charge in [-0.1, -0.05) is 53.3 Å². The number of hydrogen-bond donors (Lipinski definition) is 1. The molecule has 0 aliphatic heterocycles. The van der Waals surface area contributed by atoms with Crippen molar-refractivity contribution in [2.75, 3.05) is 18.5 Å². The molecule has 0 heterocycles. The minimum atomic E-state index is -0.577. The number of benzene rings is 1. The second-order valence-corrected chi connectivity index (χ2v) is 7.33.